The van der Waals surface area contributed by atoms with Crippen LogP contribution >= 0.6 is 0 Å². The van der Waals surface area contributed by atoms with E-state index in [1.807, 2.05) is 42.9 Å². The van der Waals surface area contributed by atoms with Crippen molar-refractivity contribution in [1.29, 1.82) is 0 Å². The van der Waals surface area contributed by atoms with Crippen molar-refractivity contribution in [3.05, 3.63) is 175 Å². The Morgan fingerprint density at radius 3 is 2.20 bits per heavy atom. The summed E-state index contributed by atoms with van der Waals surface area (Å²) in [6, 6.07) is 53.7. The molecule has 0 fully saturated rings. The Hall–Kier alpha value is -6.26. The first-order valence-electron chi connectivity index (χ1n) is 17.8. The second-order valence-corrected chi connectivity index (χ2v) is 14.1. The van der Waals surface area contributed by atoms with E-state index in [1.54, 1.807) is 0 Å². The Bertz CT molecular complexity index is 3090. The predicted octanol–water partition coefficient (Wildman–Crippen LogP) is 11.6. The van der Waals surface area contributed by atoms with Gasteiger partial charge in [-0.05, 0) is 41.8 Å². The standard InChI is InChI=1S/C47H31N5O.Pd/c1-47(2)39-18-11-25-48-46(39)52(42-24-23-37-36-17-7-9-20-41(36)51(44(37)43(42)47)30-12-4-3-5-13-30)31-14-10-15-32(28-31)53-33-21-22-34-35-16-6-8-19-40(35)50-27-26-49-45(50)38(34)29-33;/h3-27H,1-2H3;/q-2;+2. The molecule has 260 valence electrons. The minimum atomic E-state index is -0.369. The number of anilines is 3. The molecule has 0 N–H and O–H groups in total. The third-order valence-electron chi connectivity index (χ3n) is 10.8. The summed E-state index contributed by atoms with van der Waals surface area (Å²) in [7, 11) is 0. The Morgan fingerprint density at radius 1 is 0.611 bits per heavy atom. The molecule has 0 atom stereocenters. The van der Waals surface area contributed by atoms with E-state index in [-0.39, 0.29) is 25.8 Å². The van der Waals surface area contributed by atoms with Gasteiger partial charge in [0.25, 0.3) is 0 Å². The number of para-hydroxylation sites is 3. The van der Waals surface area contributed by atoms with E-state index in [4.69, 9.17) is 9.72 Å². The first kappa shape index (κ1) is 32.4. The van der Waals surface area contributed by atoms with Crippen LogP contribution in [0, 0.1) is 12.1 Å². The minimum absolute atomic E-state index is 0. The Labute approximate surface area is 325 Å². The van der Waals surface area contributed by atoms with Crippen LogP contribution in [0.3, 0.4) is 0 Å². The normalized spacial score (nSPS) is 13.3. The first-order chi connectivity index (χ1) is 26.1. The number of hydrogen-bond donors (Lipinski definition) is 0. The van der Waals surface area contributed by atoms with Crippen molar-refractivity contribution in [3.8, 4) is 17.2 Å². The largest absolute Gasteiger partial charge is 2.00 e. The molecule has 7 heteroatoms. The average Bonchev–Trinajstić information content (AvgIpc) is 3.83. The monoisotopic (exact) mass is 787 g/mol. The molecular formula is C47H31N5OPd. The van der Waals surface area contributed by atoms with E-state index in [9.17, 15) is 0 Å². The number of hydrogen-bond acceptors (Lipinski definition) is 4. The summed E-state index contributed by atoms with van der Waals surface area (Å²) in [6.07, 6.45) is 5.69. The average molecular weight is 788 g/mol. The maximum atomic E-state index is 6.56. The van der Waals surface area contributed by atoms with Gasteiger partial charge < -0.3 is 18.6 Å². The van der Waals surface area contributed by atoms with E-state index >= 15 is 0 Å². The van der Waals surface area contributed by atoms with Crippen LogP contribution in [0.5, 0.6) is 11.5 Å². The van der Waals surface area contributed by atoms with Gasteiger partial charge in [-0.3, -0.25) is 4.98 Å². The maximum Gasteiger partial charge on any atom is 2.00 e. The fourth-order valence-electron chi connectivity index (χ4n) is 8.52. The van der Waals surface area contributed by atoms with Crippen LogP contribution < -0.4 is 9.64 Å². The summed E-state index contributed by atoms with van der Waals surface area (Å²) in [6.45, 7) is 4.63. The minimum Gasteiger partial charge on any atom is -0.503 e. The van der Waals surface area contributed by atoms with Crippen LogP contribution in [-0.2, 0) is 25.8 Å². The Morgan fingerprint density at radius 2 is 1.35 bits per heavy atom. The van der Waals surface area contributed by atoms with Gasteiger partial charge in [-0.2, -0.15) is 6.07 Å². The number of imidazole rings is 1. The SMILES string of the molecule is CC1(C)c2cccnc2N(c2[c-]c(Oc3[c-]c4c(cc3)c3ccccc3n3ccnc43)ccc2)c2ccc3c4ccccc4n(-c4ccccc4)c3c21.[Pd+2]. The van der Waals surface area contributed by atoms with Crippen LogP contribution in [0.15, 0.2) is 152 Å². The van der Waals surface area contributed by atoms with Crippen molar-refractivity contribution in [1.82, 2.24) is 18.9 Å². The molecule has 54 heavy (non-hydrogen) atoms. The van der Waals surface area contributed by atoms with E-state index < -0.39 is 0 Å². The van der Waals surface area contributed by atoms with Gasteiger partial charge in [0.1, 0.15) is 5.82 Å². The third-order valence-corrected chi connectivity index (χ3v) is 10.8. The van der Waals surface area contributed by atoms with Gasteiger partial charge in [-0.1, -0.05) is 103 Å². The molecule has 0 saturated heterocycles. The molecule has 0 unspecified atom stereocenters. The van der Waals surface area contributed by atoms with Gasteiger partial charge in [0.05, 0.1) is 22.4 Å². The van der Waals surface area contributed by atoms with Gasteiger partial charge in [0.2, 0.25) is 0 Å². The maximum absolute atomic E-state index is 6.56. The molecule has 6 nitrogen and oxygen atoms in total. The Kier molecular flexibility index (Phi) is 7.29. The van der Waals surface area contributed by atoms with E-state index in [0.29, 0.717) is 11.5 Å². The molecule has 10 aromatic rings. The molecule has 0 spiro atoms. The van der Waals surface area contributed by atoms with Gasteiger partial charge in [-0.25, -0.2) is 4.98 Å². The fourth-order valence-corrected chi connectivity index (χ4v) is 8.52. The summed E-state index contributed by atoms with van der Waals surface area (Å²) in [5, 5.41) is 5.57. The number of fused-ring (bicyclic) bond motifs is 12. The summed E-state index contributed by atoms with van der Waals surface area (Å²) >= 11 is 0. The van der Waals surface area contributed by atoms with Crippen LogP contribution in [0.1, 0.15) is 25.0 Å². The van der Waals surface area contributed by atoms with E-state index in [1.165, 1.54) is 27.4 Å². The molecular weight excluding hydrogens is 757 g/mol. The van der Waals surface area contributed by atoms with Crippen LogP contribution in [0.4, 0.5) is 17.2 Å². The summed E-state index contributed by atoms with van der Waals surface area (Å²) < 4.78 is 11.1. The zero-order chi connectivity index (χ0) is 35.3. The topological polar surface area (TPSA) is 47.6 Å². The molecule has 4 aromatic heterocycles. The van der Waals surface area contributed by atoms with E-state index in [0.717, 1.165) is 55.8 Å². The molecule has 0 bridgehead atoms. The smallest absolute Gasteiger partial charge is 0.503 e. The molecule has 0 saturated carbocycles. The number of nitrogens with zero attached hydrogens (tertiary/aromatic N) is 5. The zero-order valence-corrected chi connectivity index (χ0v) is 30.9. The number of rotatable bonds is 4. The zero-order valence-electron chi connectivity index (χ0n) is 29.4. The molecule has 0 amide bonds. The number of ether oxygens (including phenoxy) is 1. The van der Waals surface area contributed by atoms with Crippen molar-refractivity contribution >= 4 is 66.3 Å². The van der Waals surface area contributed by atoms with Crippen LogP contribution in [-0.4, -0.2) is 18.9 Å². The second kappa shape index (κ2) is 12.1. The number of benzene rings is 6. The number of aromatic nitrogens is 4. The number of pyridine rings is 2. The second-order valence-electron chi connectivity index (χ2n) is 14.1. The van der Waals surface area contributed by atoms with Gasteiger partial charge in [-0.15, -0.1) is 30.3 Å². The van der Waals surface area contributed by atoms with Crippen LogP contribution in [0.2, 0.25) is 0 Å². The molecule has 11 rings (SSSR count). The van der Waals surface area contributed by atoms with Crippen molar-refractivity contribution in [2.45, 2.75) is 19.3 Å². The van der Waals surface area contributed by atoms with E-state index in [2.05, 4.69) is 154 Å². The fraction of sp³-hybridized carbons (Fsp3) is 0.0638. The summed E-state index contributed by atoms with van der Waals surface area (Å²) in [4.78, 5) is 11.9. The molecule has 0 radical (unpaired) electrons. The van der Waals surface area contributed by atoms with Crippen molar-refractivity contribution in [2.75, 3.05) is 4.90 Å². The van der Waals surface area contributed by atoms with Gasteiger partial charge >= 0.3 is 20.4 Å². The molecule has 1 aliphatic heterocycles. The Balaban J connectivity index is 0.00000361. The summed E-state index contributed by atoms with van der Waals surface area (Å²) in [5.74, 6) is 2.06. The molecule has 5 heterocycles. The molecule has 0 aliphatic carbocycles. The van der Waals surface area contributed by atoms with Crippen molar-refractivity contribution < 1.29 is 25.2 Å². The predicted molar refractivity (Wildman–Crippen MR) is 213 cm³/mol. The molecule has 1 aliphatic rings. The molecule has 6 aromatic carbocycles. The van der Waals surface area contributed by atoms with Crippen molar-refractivity contribution in [3.63, 3.8) is 0 Å². The first-order valence-corrected chi connectivity index (χ1v) is 17.8. The van der Waals surface area contributed by atoms with Gasteiger partial charge in [0.15, 0.2) is 0 Å². The van der Waals surface area contributed by atoms with Crippen molar-refractivity contribution in [2.24, 2.45) is 0 Å². The third kappa shape index (κ3) is 4.62. The van der Waals surface area contributed by atoms with Gasteiger partial charge in [0, 0.05) is 68.6 Å². The quantitative estimate of drug-likeness (QED) is 0.101. The van der Waals surface area contributed by atoms with Crippen LogP contribution in [0.25, 0.3) is 54.8 Å². The summed E-state index contributed by atoms with van der Waals surface area (Å²) in [5.41, 5.74) is 9.35.